The summed E-state index contributed by atoms with van der Waals surface area (Å²) in [5.41, 5.74) is 3.73. The van der Waals surface area contributed by atoms with Crippen LogP contribution in [0.25, 0.3) is 6.08 Å². The highest BCUT2D eigenvalue weighted by Crippen LogP contribution is 2.18. The maximum Gasteiger partial charge on any atom is 0.0693 e. The van der Waals surface area contributed by atoms with E-state index < -0.39 is 0 Å². The topological polar surface area (TPSA) is 16.1 Å². The Hall–Kier alpha value is -2.09. The van der Waals surface area contributed by atoms with E-state index in [9.17, 15) is 0 Å². The zero-order valence-electron chi connectivity index (χ0n) is 9.58. The summed E-state index contributed by atoms with van der Waals surface area (Å²) in [6.45, 7) is 1.89. The van der Waals surface area contributed by atoms with Gasteiger partial charge in [-0.05, 0) is 23.3 Å². The van der Waals surface area contributed by atoms with E-state index in [1.807, 2.05) is 12.3 Å². The zero-order valence-corrected chi connectivity index (χ0v) is 9.58. The van der Waals surface area contributed by atoms with Gasteiger partial charge < -0.3 is 4.90 Å². The lowest BCUT2D eigenvalue weighted by molar-refractivity contribution is 0.359. The Morgan fingerprint density at radius 3 is 2.82 bits per heavy atom. The SMILES string of the molecule is C1=CN(Cc2ccccc2)Cc2cccnc21. The summed E-state index contributed by atoms with van der Waals surface area (Å²) in [6.07, 6.45) is 6.06. The number of pyridine rings is 1. The molecule has 0 saturated heterocycles. The average Bonchev–Trinajstić information content (AvgIpc) is 2.40. The first-order valence-corrected chi connectivity index (χ1v) is 5.82. The molecule has 1 aromatic carbocycles. The molecule has 0 aliphatic carbocycles. The van der Waals surface area contributed by atoms with Gasteiger partial charge in [-0.3, -0.25) is 4.98 Å². The molecule has 2 heterocycles. The molecule has 84 valence electrons. The number of benzene rings is 1. The van der Waals surface area contributed by atoms with Crippen LogP contribution in [-0.2, 0) is 13.1 Å². The van der Waals surface area contributed by atoms with Gasteiger partial charge in [0.1, 0.15) is 0 Å². The van der Waals surface area contributed by atoms with Crippen LogP contribution in [-0.4, -0.2) is 9.88 Å². The van der Waals surface area contributed by atoms with E-state index in [2.05, 4.69) is 58.6 Å². The summed E-state index contributed by atoms with van der Waals surface area (Å²) in [5, 5.41) is 0. The molecule has 1 aliphatic rings. The Morgan fingerprint density at radius 2 is 1.94 bits per heavy atom. The lowest BCUT2D eigenvalue weighted by atomic mass is 10.1. The fourth-order valence-corrected chi connectivity index (χ4v) is 2.11. The lowest BCUT2D eigenvalue weighted by Crippen LogP contribution is -2.19. The largest absolute Gasteiger partial charge is 0.369 e. The van der Waals surface area contributed by atoms with Crippen molar-refractivity contribution < 1.29 is 0 Å². The minimum Gasteiger partial charge on any atom is -0.369 e. The fraction of sp³-hybridized carbons (Fsp3) is 0.133. The van der Waals surface area contributed by atoms with Gasteiger partial charge in [-0.15, -0.1) is 0 Å². The molecule has 0 saturated carbocycles. The monoisotopic (exact) mass is 222 g/mol. The van der Waals surface area contributed by atoms with Crippen LogP contribution in [0.15, 0.2) is 54.9 Å². The van der Waals surface area contributed by atoms with E-state index in [4.69, 9.17) is 0 Å². The molecule has 0 radical (unpaired) electrons. The van der Waals surface area contributed by atoms with Crippen LogP contribution in [0.5, 0.6) is 0 Å². The third-order valence-electron chi connectivity index (χ3n) is 2.97. The number of fused-ring (bicyclic) bond motifs is 1. The molecule has 2 aromatic rings. The molecule has 0 unspecified atom stereocenters. The third-order valence-corrected chi connectivity index (χ3v) is 2.97. The van der Waals surface area contributed by atoms with Crippen molar-refractivity contribution in [2.24, 2.45) is 0 Å². The molecule has 0 amide bonds. The molecule has 0 atom stereocenters. The van der Waals surface area contributed by atoms with E-state index in [0.29, 0.717) is 0 Å². The van der Waals surface area contributed by atoms with Crippen LogP contribution >= 0.6 is 0 Å². The molecular formula is C15H14N2. The summed E-state index contributed by atoms with van der Waals surface area (Å²) in [5.74, 6) is 0. The zero-order chi connectivity index (χ0) is 11.5. The Bertz CT molecular complexity index is 532. The van der Waals surface area contributed by atoms with Crippen LogP contribution in [0.4, 0.5) is 0 Å². The highest BCUT2D eigenvalue weighted by Gasteiger charge is 2.10. The van der Waals surface area contributed by atoms with Gasteiger partial charge >= 0.3 is 0 Å². The van der Waals surface area contributed by atoms with Gasteiger partial charge in [-0.1, -0.05) is 36.4 Å². The predicted molar refractivity (Wildman–Crippen MR) is 69.0 cm³/mol. The molecule has 0 bridgehead atoms. The minimum absolute atomic E-state index is 0.939. The number of hydrogen-bond acceptors (Lipinski definition) is 2. The normalized spacial score (nSPS) is 13.5. The van der Waals surface area contributed by atoms with E-state index in [0.717, 1.165) is 18.8 Å². The number of hydrogen-bond donors (Lipinski definition) is 0. The predicted octanol–water partition coefficient (Wildman–Crippen LogP) is 3.07. The highest BCUT2D eigenvalue weighted by atomic mass is 15.1. The van der Waals surface area contributed by atoms with Crippen LogP contribution in [0, 0.1) is 0 Å². The quantitative estimate of drug-likeness (QED) is 0.776. The van der Waals surface area contributed by atoms with E-state index in [1.165, 1.54) is 11.1 Å². The van der Waals surface area contributed by atoms with E-state index in [1.54, 1.807) is 0 Å². The summed E-state index contributed by atoms with van der Waals surface area (Å²) in [4.78, 5) is 6.65. The van der Waals surface area contributed by atoms with Gasteiger partial charge in [0.25, 0.3) is 0 Å². The fourth-order valence-electron chi connectivity index (χ4n) is 2.11. The van der Waals surface area contributed by atoms with Gasteiger partial charge in [0, 0.05) is 25.5 Å². The molecule has 2 heteroatoms. The molecule has 17 heavy (non-hydrogen) atoms. The molecule has 1 aromatic heterocycles. The maximum atomic E-state index is 4.35. The summed E-state index contributed by atoms with van der Waals surface area (Å²) in [6, 6.07) is 14.7. The summed E-state index contributed by atoms with van der Waals surface area (Å²) < 4.78 is 0. The van der Waals surface area contributed by atoms with Crippen LogP contribution in [0.3, 0.4) is 0 Å². The van der Waals surface area contributed by atoms with Crippen molar-refractivity contribution in [3.63, 3.8) is 0 Å². The van der Waals surface area contributed by atoms with E-state index in [-0.39, 0.29) is 0 Å². The van der Waals surface area contributed by atoms with Crippen molar-refractivity contribution in [2.45, 2.75) is 13.1 Å². The van der Waals surface area contributed by atoms with Crippen LogP contribution < -0.4 is 0 Å². The minimum atomic E-state index is 0.939. The van der Waals surface area contributed by atoms with Crippen molar-refractivity contribution >= 4 is 6.08 Å². The molecule has 2 nitrogen and oxygen atoms in total. The molecule has 0 N–H and O–H groups in total. The average molecular weight is 222 g/mol. The van der Waals surface area contributed by atoms with Crippen molar-refractivity contribution in [1.82, 2.24) is 9.88 Å². The molecular weight excluding hydrogens is 208 g/mol. The van der Waals surface area contributed by atoms with Crippen LogP contribution in [0.2, 0.25) is 0 Å². The van der Waals surface area contributed by atoms with Crippen LogP contribution in [0.1, 0.15) is 16.8 Å². The number of aromatic nitrogens is 1. The Kier molecular flexibility index (Phi) is 2.62. The van der Waals surface area contributed by atoms with Gasteiger partial charge in [0.15, 0.2) is 0 Å². The summed E-state index contributed by atoms with van der Waals surface area (Å²) >= 11 is 0. The van der Waals surface area contributed by atoms with Gasteiger partial charge in [-0.25, -0.2) is 0 Å². The molecule has 0 fully saturated rings. The third kappa shape index (κ3) is 2.21. The van der Waals surface area contributed by atoms with Gasteiger partial charge in [-0.2, -0.15) is 0 Å². The first kappa shape index (κ1) is 10.1. The second-order valence-electron chi connectivity index (χ2n) is 4.25. The first-order chi connectivity index (χ1) is 8.42. The van der Waals surface area contributed by atoms with Gasteiger partial charge in [0.05, 0.1) is 5.69 Å². The highest BCUT2D eigenvalue weighted by molar-refractivity contribution is 5.51. The number of rotatable bonds is 2. The molecule has 1 aliphatic heterocycles. The second-order valence-corrected chi connectivity index (χ2v) is 4.25. The lowest BCUT2D eigenvalue weighted by Gasteiger charge is -2.24. The van der Waals surface area contributed by atoms with Crippen molar-refractivity contribution in [2.75, 3.05) is 0 Å². The first-order valence-electron chi connectivity index (χ1n) is 5.82. The Balaban J connectivity index is 1.77. The summed E-state index contributed by atoms with van der Waals surface area (Å²) in [7, 11) is 0. The molecule has 3 rings (SSSR count). The number of nitrogens with zero attached hydrogens (tertiary/aromatic N) is 2. The Morgan fingerprint density at radius 1 is 1.06 bits per heavy atom. The maximum absolute atomic E-state index is 4.35. The van der Waals surface area contributed by atoms with Crippen molar-refractivity contribution in [3.05, 3.63) is 71.7 Å². The van der Waals surface area contributed by atoms with E-state index >= 15 is 0 Å². The van der Waals surface area contributed by atoms with Crippen molar-refractivity contribution in [3.8, 4) is 0 Å². The van der Waals surface area contributed by atoms with Crippen molar-refractivity contribution in [1.29, 1.82) is 0 Å². The standard InChI is InChI=1S/C15H14N2/c1-2-5-13(6-3-1)11-17-10-8-15-14(12-17)7-4-9-16-15/h1-10H,11-12H2. The van der Waals surface area contributed by atoms with Gasteiger partial charge in [0.2, 0.25) is 0 Å². The Labute approximate surface area is 101 Å². The second kappa shape index (κ2) is 4.42. The smallest absolute Gasteiger partial charge is 0.0693 e. The molecule has 0 spiro atoms.